The average Bonchev–Trinajstić information content (AvgIpc) is 4.22. The molecule has 0 atom stereocenters. The molecular formula is C57H36N8OsS2. The van der Waals surface area contributed by atoms with Gasteiger partial charge in [0.1, 0.15) is 5.82 Å². The van der Waals surface area contributed by atoms with Crippen LogP contribution in [-0.4, -0.2) is 39.9 Å². The second kappa shape index (κ2) is 18.7. The molecule has 0 spiro atoms. The molecule has 8 nitrogen and oxygen atoms in total. The number of rotatable bonds is 4. The number of imidazole rings is 1. The van der Waals surface area contributed by atoms with Gasteiger partial charge in [0.15, 0.2) is 0 Å². The van der Waals surface area contributed by atoms with Crippen LogP contribution in [0.5, 0.6) is 0 Å². The number of fused-ring (bicyclic) bond motifs is 10. The molecule has 0 aliphatic rings. The van der Waals surface area contributed by atoms with Gasteiger partial charge >= 0.3 is 0 Å². The van der Waals surface area contributed by atoms with Gasteiger partial charge in [0.05, 0.1) is 71.8 Å². The van der Waals surface area contributed by atoms with Crippen LogP contribution in [0.25, 0.3) is 120 Å². The van der Waals surface area contributed by atoms with Crippen molar-refractivity contribution in [3.05, 3.63) is 212 Å². The summed E-state index contributed by atoms with van der Waals surface area (Å²) in [4.78, 5) is 40.1. The molecule has 11 heteroatoms. The Morgan fingerprint density at radius 3 is 1.25 bits per heavy atom. The van der Waals surface area contributed by atoms with E-state index in [1.165, 1.54) is 9.75 Å². The van der Waals surface area contributed by atoms with E-state index < -0.39 is 0 Å². The monoisotopic (exact) mass is 1090 g/mol. The first kappa shape index (κ1) is 42.7. The Morgan fingerprint density at radius 1 is 0.338 bits per heavy atom. The van der Waals surface area contributed by atoms with Gasteiger partial charge in [-0.05, 0) is 96.4 Å². The minimum absolute atomic E-state index is 0. The first-order valence-electron chi connectivity index (χ1n) is 21.8. The normalized spacial score (nSPS) is 11.1. The predicted octanol–water partition coefficient (Wildman–Crippen LogP) is 15.0. The summed E-state index contributed by atoms with van der Waals surface area (Å²) in [5.41, 5.74) is 11.4. The largest absolute Gasteiger partial charge is 0.337 e. The number of H-pyrrole nitrogens is 1. The van der Waals surface area contributed by atoms with Gasteiger partial charge in [-0.15, -0.1) is 22.7 Å². The fourth-order valence-electron chi connectivity index (χ4n) is 8.31. The molecule has 14 rings (SSSR count). The van der Waals surface area contributed by atoms with E-state index in [1.807, 2.05) is 122 Å². The first-order chi connectivity index (χ1) is 33.2. The third kappa shape index (κ3) is 8.40. The van der Waals surface area contributed by atoms with Gasteiger partial charge in [-0.1, -0.05) is 103 Å². The number of benzene rings is 5. The van der Waals surface area contributed by atoms with Crippen LogP contribution in [0.15, 0.2) is 212 Å². The molecule has 0 saturated heterocycles. The van der Waals surface area contributed by atoms with E-state index in [2.05, 4.69) is 125 Å². The van der Waals surface area contributed by atoms with Crippen LogP contribution in [0.4, 0.5) is 0 Å². The molecular weight excluding hydrogens is 1050 g/mol. The number of para-hydroxylation sites is 4. The van der Waals surface area contributed by atoms with Crippen molar-refractivity contribution in [3.63, 3.8) is 0 Å². The fourth-order valence-corrected chi connectivity index (χ4v) is 10.1. The number of aromatic nitrogens is 8. The van der Waals surface area contributed by atoms with Crippen molar-refractivity contribution in [2.45, 2.75) is 0 Å². The summed E-state index contributed by atoms with van der Waals surface area (Å²) in [6.45, 7) is 0. The predicted molar refractivity (Wildman–Crippen MR) is 278 cm³/mol. The van der Waals surface area contributed by atoms with E-state index in [1.54, 1.807) is 22.7 Å². The van der Waals surface area contributed by atoms with Crippen molar-refractivity contribution in [1.29, 1.82) is 0 Å². The molecule has 9 aromatic heterocycles. The smallest absolute Gasteiger partial charge is 0.148 e. The van der Waals surface area contributed by atoms with Crippen LogP contribution in [-0.2, 0) is 19.8 Å². The molecule has 0 aliphatic carbocycles. The number of pyridine rings is 6. The van der Waals surface area contributed by atoms with E-state index in [0.29, 0.717) is 0 Å². The molecule has 1 N–H and O–H groups in total. The summed E-state index contributed by atoms with van der Waals surface area (Å²) in [5.74, 6) is 0.888. The van der Waals surface area contributed by atoms with Gasteiger partial charge in [0.2, 0.25) is 0 Å². The van der Waals surface area contributed by atoms with Crippen molar-refractivity contribution in [2.75, 3.05) is 0 Å². The van der Waals surface area contributed by atoms with E-state index in [-0.39, 0.29) is 19.8 Å². The SMILES string of the molecule is [Os].c1ccc2nc(-c3ccc4ccccc4n3)ccc2c1.c1ccc2nc(-c3ccc4ccccc4n3)ccc2c1.c1csc(-c2ccc(-c3nc4c5cccnc5c5ncccc5c4[nH]3)s2)c1. The van der Waals surface area contributed by atoms with Gasteiger partial charge < -0.3 is 4.98 Å². The Labute approximate surface area is 411 Å². The molecule has 68 heavy (non-hydrogen) atoms. The van der Waals surface area contributed by atoms with Crippen LogP contribution < -0.4 is 0 Å². The Bertz CT molecular complexity index is 3710. The van der Waals surface area contributed by atoms with Gasteiger partial charge in [0.25, 0.3) is 0 Å². The number of thiophene rings is 2. The molecule has 0 fully saturated rings. The zero-order valence-electron chi connectivity index (χ0n) is 36.0. The molecule has 0 radical (unpaired) electrons. The van der Waals surface area contributed by atoms with E-state index >= 15 is 0 Å². The summed E-state index contributed by atoms with van der Waals surface area (Å²) in [6.07, 6.45) is 3.62. The summed E-state index contributed by atoms with van der Waals surface area (Å²) in [6, 6.07) is 65.6. The van der Waals surface area contributed by atoms with Crippen LogP contribution in [0.2, 0.25) is 0 Å². The van der Waals surface area contributed by atoms with E-state index in [0.717, 1.165) is 110 Å². The minimum Gasteiger partial charge on any atom is -0.337 e. The minimum atomic E-state index is 0. The third-order valence-corrected chi connectivity index (χ3v) is 13.7. The molecule has 0 unspecified atom stereocenters. The van der Waals surface area contributed by atoms with Crippen molar-refractivity contribution < 1.29 is 19.8 Å². The summed E-state index contributed by atoms with van der Waals surface area (Å²) >= 11 is 3.51. The first-order valence-corrected chi connectivity index (χ1v) is 23.5. The van der Waals surface area contributed by atoms with Crippen molar-refractivity contribution in [1.82, 2.24) is 39.9 Å². The number of nitrogens with one attached hydrogen (secondary N) is 1. The topological polar surface area (TPSA) is 106 Å². The van der Waals surface area contributed by atoms with Gasteiger partial charge in [-0.3, -0.25) is 9.97 Å². The van der Waals surface area contributed by atoms with Gasteiger partial charge in [-0.2, -0.15) is 0 Å². The summed E-state index contributed by atoms with van der Waals surface area (Å²) < 4.78 is 0. The molecule has 0 aliphatic heterocycles. The molecule has 0 amide bonds. The maximum atomic E-state index is 4.95. The Kier molecular flexibility index (Phi) is 11.8. The van der Waals surface area contributed by atoms with Crippen LogP contribution in [0.3, 0.4) is 0 Å². The molecule has 324 valence electrons. The fraction of sp³-hybridized carbons (Fsp3) is 0. The van der Waals surface area contributed by atoms with Gasteiger partial charge in [-0.25, -0.2) is 24.9 Å². The average molecular weight is 1090 g/mol. The zero-order valence-corrected chi connectivity index (χ0v) is 40.2. The van der Waals surface area contributed by atoms with Crippen LogP contribution >= 0.6 is 22.7 Å². The van der Waals surface area contributed by atoms with Crippen molar-refractivity contribution in [3.8, 4) is 43.2 Å². The second-order valence-corrected chi connectivity index (χ2v) is 17.8. The number of hydrogen-bond acceptors (Lipinski definition) is 9. The van der Waals surface area contributed by atoms with Crippen LogP contribution in [0, 0.1) is 0 Å². The summed E-state index contributed by atoms with van der Waals surface area (Å²) in [5, 5.41) is 8.78. The van der Waals surface area contributed by atoms with Gasteiger partial charge in [0, 0.05) is 74.3 Å². The Hall–Kier alpha value is -7.93. The zero-order chi connectivity index (χ0) is 44.5. The number of aromatic amines is 1. The molecule has 5 aromatic carbocycles. The maximum Gasteiger partial charge on any atom is 0.148 e. The standard InChI is InChI=1S/C21H12N4S2.2C18H12N2.Os/c1-4-12-17(22-9-1)18-13(5-2-10-23-18)20-19(12)24-21(25-20)16-8-7-15(27-16)14-6-3-11-26-14;2*1-3-7-15-13(5-1)9-11-17(19-15)18-12-10-14-6-2-4-8-16(14)20-18;/h1-11H,(H,24,25);2*1-12H;. The second-order valence-electron chi connectivity index (χ2n) is 15.8. The number of hydrogen-bond donors (Lipinski definition) is 1. The number of nitrogens with zero attached hydrogens (tertiary/aromatic N) is 7. The maximum absolute atomic E-state index is 4.95. The molecule has 9 heterocycles. The van der Waals surface area contributed by atoms with Crippen LogP contribution in [0.1, 0.15) is 0 Å². The molecule has 14 aromatic rings. The molecule has 0 saturated carbocycles. The quantitative estimate of drug-likeness (QED) is 0.175. The Morgan fingerprint density at radius 2 is 0.779 bits per heavy atom. The third-order valence-electron chi connectivity index (χ3n) is 11.6. The molecule has 0 bridgehead atoms. The Balaban J connectivity index is 0.000000113. The summed E-state index contributed by atoms with van der Waals surface area (Å²) in [7, 11) is 0. The van der Waals surface area contributed by atoms with E-state index in [4.69, 9.17) is 4.98 Å². The van der Waals surface area contributed by atoms with Crippen molar-refractivity contribution >= 4 is 99.1 Å². The van der Waals surface area contributed by atoms with Crippen molar-refractivity contribution in [2.24, 2.45) is 0 Å². The van der Waals surface area contributed by atoms with E-state index in [9.17, 15) is 0 Å².